The van der Waals surface area contributed by atoms with Gasteiger partial charge in [0.1, 0.15) is 17.5 Å². The lowest BCUT2D eigenvalue weighted by atomic mass is 9.73. The molecule has 9 rings (SSSR count). The fourth-order valence-corrected chi connectivity index (χ4v) is 9.86. The number of amides is 3. The molecule has 0 aliphatic carbocycles. The minimum absolute atomic E-state index is 0.166. The summed E-state index contributed by atoms with van der Waals surface area (Å²) >= 11 is 8.69. The number of carbonyl (C=O) groups excluding carboxylic acids is 3. The zero-order chi connectivity index (χ0) is 40.1. The van der Waals surface area contributed by atoms with Gasteiger partial charge >= 0.3 is 0 Å². The highest BCUT2D eigenvalue weighted by atomic mass is 35.5. The molecule has 0 atom stereocenters. The molecule has 3 amide bonds. The van der Waals surface area contributed by atoms with E-state index in [-0.39, 0.29) is 39.4 Å². The summed E-state index contributed by atoms with van der Waals surface area (Å²) in [7, 11) is 0. The molecule has 3 aliphatic rings. The average Bonchev–Trinajstić information content (AvgIpc) is 3.88. The number of hydrogen-bond donors (Lipinski definition) is 2. The van der Waals surface area contributed by atoms with Gasteiger partial charge in [0.15, 0.2) is 5.82 Å². The summed E-state index contributed by atoms with van der Waals surface area (Å²) in [6.45, 7) is 3.24. The van der Waals surface area contributed by atoms with Crippen LogP contribution in [0.1, 0.15) is 48.8 Å². The number of ether oxygens (including phenoxy) is 1. The summed E-state index contributed by atoms with van der Waals surface area (Å²) in [4.78, 5) is 51.7. The van der Waals surface area contributed by atoms with Crippen molar-refractivity contribution in [3.63, 3.8) is 0 Å². The number of aromatic nitrogens is 1. The number of rotatable bonds is 7. The Bertz CT molecular complexity index is 2560. The van der Waals surface area contributed by atoms with E-state index in [1.54, 1.807) is 47.7 Å². The first-order chi connectivity index (χ1) is 28.0. The van der Waals surface area contributed by atoms with Crippen molar-refractivity contribution in [3.05, 3.63) is 134 Å². The number of pyridine rings is 1. The zero-order valence-electron chi connectivity index (χ0n) is 30.6. The molecule has 2 N–H and O–H groups in total. The fraction of sp³-hybridized carbons (Fsp3) is 0.209. The quantitative estimate of drug-likeness (QED) is 0.166. The van der Waals surface area contributed by atoms with Gasteiger partial charge in [-0.15, -0.1) is 22.7 Å². The van der Waals surface area contributed by atoms with Crippen molar-refractivity contribution in [3.8, 4) is 21.0 Å². The smallest absolute Gasteiger partial charge is 0.265 e. The monoisotopic (exact) mass is 839 g/mol. The summed E-state index contributed by atoms with van der Waals surface area (Å²) in [5.41, 5.74) is 3.48. The Labute approximate surface area is 344 Å². The number of fused-ring (bicyclic) bond motifs is 3. The third kappa shape index (κ3) is 7.25. The highest BCUT2D eigenvalue weighted by Gasteiger charge is 2.45. The van der Waals surface area contributed by atoms with E-state index in [0.717, 1.165) is 72.7 Å². The first kappa shape index (κ1) is 38.0. The van der Waals surface area contributed by atoms with E-state index in [4.69, 9.17) is 21.3 Å². The minimum Gasteiger partial charge on any atom is -0.381 e. The zero-order valence-corrected chi connectivity index (χ0v) is 33.0. The molecule has 3 aromatic heterocycles. The molecular formula is C43H33ClF3N5O4S2. The van der Waals surface area contributed by atoms with Crippen molar-refractivity contribution in [1.82, 2.24) is 4.98 Å². The van der Waals surface area contributed by atoms with Crippen molar-refractivity contribution >= 4 is 74.9 Å². The molecule has 0 radical (unpaired) electrons. The second-order valence-corrected chi connectivity index (χ2v) is 17.0. The van der Waals surface area contributed by atoms with Gasteiger partial charge in [0.05, 0.1) is 37.4 Å². The maximum absolute atomic E-state index is 14.8. The first-order valence-electron chi connectivity index (χ1n) is 18.5. The van der Waals surface area contributed by atoms with Crippen LogP contribution in [0.15, 0.2) is 90.3 Å². The van der Waals surface area contributed by atoms with Crippen LogP contribution in [0.5, 0.6) is 0 Å². The van der Waals surface area contributed by atoms with Gasteiger partial charge in [0.25, 0.3) is 17.7 Å². The Morgan fingerprint density at radius 2 is 1.66 bits per heavy atom. The van der Waals surface area contributed by atoms with E-state index < -0.39 is 23.4 Å². The van der Waals surface area contributed by atoms with Gasteiger partial charge < -0.3 is 25.2 Å². The molecular weight excluding hydrogens is 807 g/mol. The summed E-state index contributed by atoms with van der Waals surface area (Å²) < 4.78 is 48.4. The maximum atomic E-state index is 14.8. The molecule has 0 bridgehead atoms. The van der Waals surface area contributed by atoms with Gasteiger partial charge in [0, 0.05) is 66.0 Å². The van der Waals surface area contributed by atoms with Crippen LogP contribution >= 0.6 is 34.3 Å². The lowest BCUT2D eigenvalue weighted by molar-refractivity contribution is -0.000504. The van der Waals surface area contributed by atoms with Crippen LogP contribution in [-0.4, -0.2) is 55.6 Å². The number of nitrogens with one attached hydrogen (secondary N) is 2. The Kier molecular flexibility index (Phi) is 10.0. The van der Waals surface area contributed by atoms with E-state index in [0.29, 0.717) is 51.2 Å². The van der Waals surface area contributed by atoms with E-state index in [9.17, 15) is 27.6 Å². The number of benzene rings is 3. The Morgan fingerprint density at radius 1 is 0.862 bits per heavy atom. The van der Waals surface area contributed by atoms with E-state index in [2.05, 4.69) is 15.5 Å². The number of nitrogens with zero attached hydrogens (tertiary/aromatic N) is 3. The first-order valence-corrected chi connectivity index (χ1v) is 20.6. The van der Waals surface area contributed by atoms with Crippen molar-refractivity contribution in [2.24, 2.45) is 5.41 Å². The van der Waals surface area contributed by atoms with Crippen LogP contribution in [-0.2, 0) is 11.2 Å². The molecule has 15 heteroatoms. The molecule has 6 heterocycles. The molecule has 2 saturated heterocycles. The number of thiophene rings is 2. The summed E-state index contributed by atoms with van der Waals surface area (Å²) in [5, 5.41) is 7.11. The molecule has 6 aromatic rings. The van der Waals surface area contributed by atoms with Crippen molar-refractivity contribution in [2.45, 2.75) is 19.3 Å². The van der Waals surface area contributed by atoms with E-state index in [1.165, 1.54) is 17.0 Å². The van der Waals surface area contributed by atoms with E-state index >= 15 is 0 Å². The Hall–Kier alpha value is -5.54. The lowest BCUT2D eigenvalue weighted by Crippen LogP contribution is -2.59. The van der Waals surface area contributed by atoms with Crippen molar-refractivity contribution < 1.29 is 32.3 Å². The van der Waals surface area contributed by atoms with Gasteiger partial charge in [-0.1, -0.05) is 17.7 Å². The molecule has 294 valence electrons. The second kappa shape index (κ2) is 15.3. The number of anilines is 4. The van der Waals surface area contributed by atoms with Gasteiger partial charge in [-0.2, -0.15) is 0 Å². The predicted octanol–water partition coefficient (Wildman–Crippen LogP) is 9.93. The summed E-state index contributed by atoms with van der Waals surface area (Å²) in [6.07, 6.45) is 2.29. The molecule has 3 aromatic carbocycles. The SMILES string of the molecule is O=C(Nc1c(F)cc(F)cc1Cl)c1cc2c(s1)-c1ccc(F)cc1N(C(=O)c1ccc(NC(=O)c3ccc(-c4cccs4)nc3N3CC4(CCOCC4)C3)cc1)CC2. The Balaban J connectivity index is 0.929. The van der Waals surface area contributed by atoms with Crippen LogP contribution in [0.2, 0.25) is 5.02 Å². The summed E-state index contributed by atoms with van der Waals surface area (Å²) in [5.74, 6) is -3.17. The normalized spacial score (nSPS) is 15.6. The molecule has 0 saturated carbocycles. The van der Waals surface area contributed by atoms with Crippen LogP contribution in [0.25, 0.3) is 21.0 Å². The standard InChI is InChI=1S/C43H33ClF3N5O4S2/c44-31-19-27(46)20-32(47)37(31)50-41(54)36-18-25-11-14-52(34-21-26(45)5-8-29(34)38(25)58-36)42(55)24-3-6-28(7-4-24)48-40(53)30-9-10-33(35-2-1-17-57-35)49-39(30)51-22-43(23-51)12-15-56-16-13-43/h1-10,17-21H,11-16,22-23H2,(H,48,53)(H,50,54). The summed E-state index contributed by atoms with van der Waals surface area (Å²) in [6, 6.07) is 21.5. The van der Waals surface area contributed by atoms with Crippen LogP contribution in [0, 0.1) is 22.9 Å². The second-order valence-electron chi connectivity index (χ2n) is 14.6. The molecule has 58 heavy (non-hydrogen) atoms. The minimum atomic E-state index is -1.01. The highest BCUT2D eigenvalue weighted by Crippen LogP contribution is 2.44. The van der Waals surface area contributed by atoms with Gasteiger partial charge in [0.2, 0.25) is 0 Å². The van der Waals surface area contributed by atoms with Crippen molar-refractivity contribution in [1.29, 1.82) is 0 Å². The number of carbonyl (C=O) groups is 3. The molecule has 3 aliphatic heterocycles. The maximum Gasteiger partial charge on any atom is 0.265 e. The highest BCUT2D eigenvalue weighted by molar-refractivity contribution is 7.17. The number of hydrogen-bond acceptors (Lipinski definition) is 8. The number of halogens is 4. The topological polar surface area (TPSA) is 104 Å². The third-order valence-electron chi connectivity index (χ3n) is 10.8. The molecule has 1 spiro atoms. The average molecular weight is 840 g/mol. The third-order valence-corrected chi connectivity index (χ3v) is 13.2. The van der Waals surface area contributed by atoms with Gasteiger partial charge in [-0.05, 0) is 103 Å². The fourth-order valence-electron chi connectivity index (χ4n) is 7.79. The van der Waals surface area contributed by atoms with Crippen LogP contribution in [0.4, 0.5) is 36.1 Å². The Morgan fingerprint density at radius 3 is 2.40 bits per heavy atom. The molecule has 9 nitrogen and oxygen atoms in total. The van der Waals surface area contributed by atoms with Crippen LogP contribution in [0.3, 0.4) is 0 Å². The van der Waals surface area contributed by atoms with Crippen LogP contribution < -0.4 is 20.4 Å². The lowest BCUT2D eigenvalue weighted by Gasteiger charge is -2.53. The molecule has 2 fully saturated rings. The van der Waals surface area contributed by atoms with Crippen molar-refractivity contribution in [2.75, 3.05) is 53.3 Å². The predicted molar refractivity (Wildman–Crippen MR) is 221 cm³/mol. The van der Waals surface area contributed by atoms with E-state index in [1.807, 2.05) is 29.6 Å². The molecule has 0 unspecified atom stereocenters. The largest absolute Gasteiger partial charge is 0.381 e. The van der Waals surface area contributed by atoms with Gasteiger partial charge in [-0.3, -0.25) is 14.4 Å². The van der Waals surface area contributed by atoms with Gasteiger partial charge in [-0.25, -0.2) is 18.2 Å².